The monoisotopic (exact) mass is 549 g/mol. The van der Waals surface area contributed by atoms with Gasteiger partial charge in [-0.05, 0) is 80.4 Å². The highest BCUT2D eigenvalue weighted by molar-refractivity contribution is 6.35. The third kappa shape index (κ3) is 5.68. The maximum Gasteiger partial charge on any atom is 0.194 e. The van der Waals surface area contributed by atoms with Crippen molar-refractivity contribution in [1.29, 1.82) is 0 Å². The second-order valence-corrected chi connectivity index (χ2v) is 10.2. The van der Waals surface area contributed by atoms with Gasteiger partial charge >= 0.3 is 0 Å². The van der Waals surface area contributed by atoms with Gasteiger partial charge in [-0.3, -0.25) is 15.0 Å². The molecule has 0 bridgehead atoms. The number of nitrogens with one attached hydrogen (secondary N) is 1. The summed E-state index contributed by atoms with van der Waals surface area (Å²) in [5.74, 6) is 0.313. The van der Waals surface area contributed by atoms with Crippen molar-refractivity contribution in [2.24, 2.45) is 0 Å². The van der Waals surface area contributed by atoms with E-state index in [9.17, 15) is 4.39 Å². The Morgan fingerprint density at radius 2 is 1.89 bits per heavy atom. The van der Waals surface area contributed by atoms with Crippen molar-refractivity contribution >= 4 is 51.9 Å². The average Bonchev–Trinajstić information content (AvgIpc) is 3.31. The van der Waals surface area contributed by atoms with E-state index in [1.54, 1.807) is 18.2 Å². The predicted octanol–water partition coefficient (Wildman–Crippen LogP) is 8.25. The highest BCUT2D eigenvalue weighted by Gasteiger charge is 2.17. The molecule has 5 rings (SSSR count). The number of fused-ring (bicyclic) bond motifs is 1. The van der Waals surface area contributed by atoms with Gasteiger partial charge in [-0.2, -0.15) is 5.10 Å². The number of aromatic nitrogens is 3. The molecule has 0 aliphatic carbocycles. The Morgan fingerprint density at radius 1 is 1.13 bits per heavy atom. The minimum Gasteiger partial charge on any atom is -0.486 e. The lowest BCUT2D eigenvalue weighted by Gasteiger charge is -2.26. The van der Waals surface area contributed by atoms with Crippen LogP contribution in [0, 0.1) is 12.4 Å². The van der Waals surface area contributed by atoms with Crippen LogP contribution in [-0.4, -0.2) is 33.2 Å². The molecular formula is C29H26Cl2FN5O. The number of halogens is 3. The summed E-state index contributed by atoms with van der Waals surface area (Å²) < 4.78 is 21.1. The minimum atomic E-state index is -0.408. The molecule has 2 aromatic carbocycles. The van der Waals surface area contributed by atoms with E-state index < -0.39 is 6.10 Å². The molecule has 194 valence electrons. The molecule has 1 aliphatic heterocycles. The second kappa shape index (κ2) is 11.5. The average molecular weight is 550 g/mol. The molecule has 0 saturated carbocycles. The maximum atomic E-state index is 15.0. The summed E-state index contributed by atoms with van der Waals surface area (Å²) >= 11 is 12.6. The van der Waals surface area contributed by atoms with Crippen molar-refractivity contribution in [2.45, 2.75) is 38.8 Å². The van der Waals surface area contributed by atoms with Crippen LogP contribution in [0.5, 0.6) is 5.75 Å². The van der Waals surface area contributed by atoms with Gasteiger partial charge in [0.05, 0.1) is 27.8 Å². The molecule has 0 amide bonds. The Morgan fingerprint density at radius 3 is 2.63 bits per heavy atom. The van der Waals surface area contributed by atoms with Crippen molar-refractivity contribution < 1.29 is 9.13 Å². The van der Waals surface area contributed by atoms with Gasteiger partial charge in [0.25, 0.3) is 0 Å². The Balaban J connectivity index is 1.38. The molecular weight excluding hydrogens is 524 g/mol. The number of hydrogen-bond acceptors (Lipinski definition) is 4. The predicted molar refractivity (Wildman–Crippen MR) is 150 cm³/mol. The van der Waals surface area contributed by atoms with E-state index in [1.165, 1.54) is 24.9 Å². The lowest BCUT2D eigenvalue weighted by atomic mass is 10.0. The van der Waals surface area contributed by atoms with Crippen LogP contribution in [0.25, 0.3) is 27.9 Å². The number of nitrogens with zero attached hydrogens (tertiary/aromatic N) is 4. The van der Waals surface area contributed by atoms with E-state index in [0.29, 0.717) is 50.4 Å². The smallest absolute Gasteiger partial charge is 0.194 e. The summed E-state index contributed by atoms with van der Waals surface area (Å²) in [6, 6.07) is 8.69. The zero-order valence-corrected chi connectivity index (χ0v) is 22.4. The SMILES string of the molecule is [C-]#[N+]c1cc(CN2CCCCC2)c(F)cc1/C=C/c1n[nH]c2ccc(OC(C)c3c(Cl)cncc3Cl)cc12. The summed E-state index contributed by atoms with van der Waals surface area (Å²) in [7, 11) is 0. The molecule has 38 heavy (non-hydrogen) atoms. The lowest BCUT2D eigenvalue weighted by molar-refractivity contribution is 0.218. The Hall–Kier alpha value is -3.44. The van der Waals surface area contributed by atoms with E-state index in [2.05, 4.69) is 24.9 Å². The normalized spacial score (nSPS) is 15.1. The molecule has 6 nitrogen and oxygen atoms in total. The Bertz CT molecular complexity index is 1520. The molecule has 0 radical (unpaired) electrons. The number of H-pyrrole nitrogens is 1. The molecule has 9 heteroatoms. The summed E-state index contributed by atoms with van der Waals surface area (Å²) in [6.45, 7) is 12.0. The number of likely N-dealkylation sites (tertiary alicyclic amines) is 1. The first-order valence-corrected chi connectivity index (χ1v) is 13.2. The van der Waals surface area contributed by atoms with Crippen LogP contribution in [0.4, 0.5) is 10.1 Å². The fourth-order valence-corrected chi connectivity index (χ4v) is 5.46. The van der Waals surface area contributed by atoms with Crippen molar-refractivity contribution in [3.63, 3.8) is 0 Å². The van der Waals surface area contributed by atoms with E-state index in [-0.39, 0.29) is 5.82 Å². The van der Waals surface area contributed by atoms with Crippen LogP contribution in [0.2, 0.25) is 10.0 Å². The molecule has 1 aliphatic rings. The van der Waals surface area contributed by atoms with Crippen molar-refractivity contribution in [3.8, 4) is 5.75 Å². The molecule has 4 aromatic rings. The summed E-state index contributed by atoms with van der Waals surface area (Å²) in [5.41, 5.74) is 3.61. The van der Waals surface area contributed by atoms with Crippen LogP contribution in [-0.2, 0) is 6.54 Å². The molecule has 1 fully saturated rings. The highest BCUT2D eigenvalue weighted by atomic mass is 35.5. The summed E-state index contributed by atoms with van der Waals surface area (Å²) in [6.07, 6.45) is 9.64. The van der Waals surface area contributed by atoms with Crippen LogP contribution >= 0.6 is 23.2 Å². The first kappa shape index (κ1) is 26.2. The van der Waals surface area contributed by atoms with E-state index in [4.69, 9.17) is 34.5 Å². The van der Waals surface area contributed by atoms with Gasteiger partial charge in [-0.25, -0.2) is 9.24 Å². The molecule has 1 atom stereocenters. The Kier molecular flexibility index (Phi) is 7.94. The minimum absolute atomic E-state index is 0.299. The Labute approximate surface area is 230 Å². The van der Waals surface area contributed by atoms with Crippen LogP contribution in [0.15, 0.2) is 42.7 Å². The lowest BCUT2D eigenvalue weighted by Crippen LogP contribution is -2.29. The first-order valence-electron chi connectivity index (χ1n) is 12.5. The number of ether oxygens (including phenoxy) is 1. The maximum absolute atomic E-state index is 15.0. The summed E-state index contributed by atoms with van der Waals surface area (Å²) in [4.78, 5) is 9.89. The molecule has 1 unspecified atom stereocenters. The van der Waals surface area contributed by atoms with E-state index in [0.717, 1.165) is 36.8 Å². The standard InChI is InChI=1S/C29H26Cl2FN5O/c1-18(29-23(30)15-34-16-24(29)31)38-21-7-9-27-22(14-21)26(35-36-27)8-6-19-12-25(32)20(13-28(19)33-2)17-37-10-4-3-5-11-37/h6-9,12-16,18H,3-5,10-11,17H2,1H3,(H,35,36)/b8-6+. The third-order valence-electron chi connectivity index (χ3n) is 6.75. The van der Waals surface area contributed by atoms with Gasteiger partial charge in [0.2, 0.25) is 0 Å². The van der Waals surface area contributed by atoms with Crippen molar-refractivity contribution in [3.05, 3.63) is 92.4 Å². The second-order valence-electron chi connectivity index (χ2n) is 9.38. The number of piperidine rings is 1. The van der Waals surface area contributed by atoms with Gasteiger partial charge in [0, 0.05) is 29.9 Å². The van der Waals surface area contributed by atoms with Gasteiger partial charge < -0.3 is 4.74 Å². The zero-order chi connectivity index (χ0) is 26.6. The number of rotatable bonds is 7. The molecule has 1 N–H and O–H groups in total. The van der Waals surface area contributed by atoms with Crippen molar-refractivity contribution in [1.82, 2.24) is 20.1 Å². The third-order valence-corrected chi connectivity index (χ3v) is 7.36. The number of benzene rings is 2. The fourth-order valence-electron chi connectivity index (χ4n) is 4.79. The van der Waals surface area contributed by atoms with Crippen molar-refractivity contribution in [2.75, 3.05) is 13.1 Å². The molecule has 3 heterocycles. The highest BCUT2D eigenvalue weighted by Crippen LogP contribution is 2.34. The number of pyridine rings is 1. The number of hydrogen-bond donors (Lipinski definition) is 1. The van der Waals surface area contributed by atoms with Crippen LogP contribution in [0.3, 0.4) is 0 Å². The van der Waals surface area contributed by atoms with Crippen LogP contribution < -0.4 is 4.74 Å². The van der Waals surface area contributed by atoms with Gasteiger partial charge in [-0.15, -0.1) is 0 Å². The zero-order valence-electron chi connectivity index (χ0n) is 20.8. The first-order chi connectivity index (χ1) is 18.4. The quantitative estimate of drug-likeness (QED) is 0.236. The van der Waals surface area contributed by atoms with Crippen LogP contribution in [0.1, 0.15) is 54.7 Å². The molecule has 1 saturated heterocycles. The van der Waals surface area contributed by atoms with Gasteiger partial charge in [0.1, 0.15) is 17.7 Å². The van der Waals surface area contributed by atoms with E-state index >= 15 is 0 Å². The molecule has 0 spiro atoms. The fraction of sp³-hybridized carbons (Fsp3) is 0.276. The molecule has 2 aromatic heterocycles. The van der Waals surface area contributed by atoms with Gasteiger partial charge in [-0.1, -0.05) is 35.7 Å². The topological polar surface area (TPSA) is 58.4 Å². The largest absolute Gasteiger partial charge is 0.486 e. The number of aromatic amines is 1. The van der Waals surface area contributed by atoms with Gasteiger partial charge in [0.15, 0.2) is 5.69 Å². The van der Waals surface area contributed by atoms with E-state index in [1.807, 2.05) is 25.1 Å². The summed E-state index contributed by atoms with van der Waals surface area (Å²) in [5, 5.41) is 9.09.